The number of methoxy groups -OCH3 is 1. The monoisotopic (exact) mass is 369 g/mol. The standard InChI is InChI=1S/C20H23N3O2S/c1-14-6-5-7-17-18(14)21-20(26-17)23(13-12-22(2)3)19(24)15-8-10-16(25-4)11-9-15/h5-11H,12-13H2,1-4H3. The van der Waals surface area contributed by atoms with Crippen molar-refractivity contribution in [2.45, 2.75) is 6.92 Å². The van der Waals surface area contributed by atoms with Crippen LogP contribution in [0.15, 0.2) is 42.5 Å². The number of nitrogens with zero attached hydrogens (tertiary/aromatic N) is 3. The van der Waals surface area contributed by atoms with E-state index < -0.39 is 0 Å². The summed E-state index contributed by atoms with van der Waals surface area (Å²) in [5.41, 5.74) is 2.71. The second-order valence-corrected chi connectivity index (χ2v) is 7.42. The Morgan fingerprint density at radius 3 is 2.46 bits per heavy atom. The van der Waals surface area contributed by atoms with Crippen molar-refractivity contribution in [3.05, 3.63) is 53.6 Å². The Kier molecular flexibility index (Phi) is 5.54. The number of aromatic nitrogens is 1. The minimum absolute atomic E-state index is 0.0498. The van der Waals surface area contributed by atoms with Gasteiger partial charge in [-0.15, -0.1) is 0 Å². The summed E-state index contributed by atoms with van der Waals surface area (Å²) in [6.07, 6.45) is 0. The highest BCUT2D eigenvalue weighted by Gasteiger charge is 2.21. The molecule has 0 aliphatic carbocycles. The molecule has 0 atom stereocenters. The van der Waals surface area contributed by atoms with Gasteiger partial charge in [0, 0.05) is 18.7 Å². The van der Waals surface area contributed by atoms with E-state index in [1.165, 1.54) is 0 Å². The number of carbonyl (C=O) groups is 1. The Morgan fingerprint density at radius 2 is 1.85 bits per heavy atom. The molecule has 26 heavy (non-hydrogen) atoms. The number of anilines is 1. The molecule has 2 aromatic carbocycles. The second-order valence-electron chi connectivity index (χ2n) is 6.41. The Hall–Kier alpha value is -2.44. The molecule has 1 amide bonds. The number of rotatable bonds is 6. The predicted octanol–water partition coefficient (Wildman–Crippen LogP) is 3.82. The van der Waals surface area contributed by atoms with E-state index in [1.807, 2.05) is 39.2 Å². The average Bonchev–Trinajstić information content (AvgIpc) is 3.07. The van der Waals surface area contributed by atoms with Crippen molar-refractivity contribution in [2.75, 3.05) is 39.2 Å². The summed E-state index contributed by atoms with van der Waals surface area (Å²) in [7, 11) is 5.61. The van der Waals surface area contributed by atoms with Gasteiger partial charge in [-0.2, -0.15) is 0 Å². The van der Waals surface area contributed by atoms with Crippen molar-refractivity contribution in [1.29, 1.82) is 0 Å². The molecular formula is C20H23N3O2S. The number of hydrogen-bond donors (Lipinski definition) is 0. The molecule has 0 saturated carbocycles. The molecule has 0 unspecified atom stereocenters. The Labute approximate surface area is 157 Å². The quantitative estimate of drug-likeness (QED) is 0.663. The highest BCUT2D eigenvalue weighted by atomic mass is 32.1. The third kappa shape index (κ3) is 3.86. The number of fused-ring (bicyclic) bond motifs is 1. The lowest BCUT2D eigenvalue weighted by Gasteiger charge is -2.22. The molecule has 0 bridgehead atoms. The fourth-order valence-electron chi connectivity index (χ4n) is 2.66. The zero-order valence-corrected chi connectivity index (χ0v) is 16.3. The van der Waals surface area contributed by atoms with Crippen LogP contribution >= 0.6 is 11.3 Å². The maximum atomic E-state index is 13.2. The third-order valence-electron chi connectivity index (χ3n) is 4.19. The highest BCUT2D eigenvalue weighted by molar-refractivity contribution is 7.22. The van der Waals surface area contributed by atoms with E-state index in [2.05, 4.69) is 4.90 Å². The predicted molar refractivity (Wildman–Crippen MR) is 108 cm³/mol. The molecule has 0 saturated heterocycles. The van der Waals surface area contributed by atoms with Crippen molar-refractivity contribution >= 4 is 32.6 Å². The molecule has 0 N–H and O–H groups in total. The lowest BCUT2D eigenvalue weighted by Crippen LogP contribution is -2.36. The van der Waals surface area contributed by atoms with Crippen LogP contribution in [0.5, 0.6) is 5.75 Å². The molecule has 6 heteroatoms. The van der Waals surface area contributed by atoms with Crippen LogP contribution in [0.4, 0.5) is 5.13 Å². The van der Waals surface area contributed by atoms with Gasteiger partial charge in [0.25, 0.3) is 5.91 Å². The first-order chi connectivity index (χ1) is 12.5. The smallest absolute Gasteiger partial charge is 0.260 e. The first-order valence-electron chi connectivity index (χ1n) is 8.46. The summed E-state index contributed by atoms with van der Waals surface area (Å²) in [5, 5.41) is 0.733. The van der Waals surface area contributed by atoms with Crippen LogP contribution in [0, 0.1) is 6.92 Å². The van der Waals surface area contributed by atoms with E-state index >= 15 is 0 Å². The number of carbonyl (C=O) groups excluding carboxylic acids is 1. The van der Waals surface area contributed by atoms with Crippen molar-refractivity contribution in [1.82, 2.24) is 9.88 Å². The van der Waals surface area contributed by atoms with E-state index in [9.17, 15) is 4.79 Å². The average molecular weight is 369 g/mol. The molecule has 0 aliphatic heterocycles. The Bertz CT molecular complexity index is 903. The highest BCUT2D eigenvalue weighted by Crippen LogP contribution is 2.31. The zero-order valence-electron chi connectivity index (χ0n) is 15.5. The Balaban J connectivity index is 1.97. The molecule has 0 radical (unpaired) electrons. The van der Waals surface area contributed by atoms with Gasteiger partial charge in [-0.25, -0.2) is 4.98 Å². The van der Waals surface area contributed by atoms with Crippen LogP contribution in [0.3, 0.4) is 0 Å². The van der Waals surface area contributed by atoms with Crippen LogP contribution in [0.25, 0.3) is 10.2 Å². The van der Waals surface area contributed by atoms with E-state index in [0.29, 0.717) is 12.1 Å². The fraction of sp³-hybridized carbons (Fsp3) is 0.300. The van der Waals surface area contributed by atoms with Crippen molar-refractivity contribution in [3.8, 4) is 5.75 Å². The summed E-state index contributed by atoms with van der Waals surface area (Å²) >= 11 is 1.55. The number of likely N-dealkylation sites (N-methyl/N-ethyl adjacent to an activating group) is 1. The van der Waals surface area contributed by atoms with Crippen LogP contribution in [-0.2, 0) is 0 Å². The van der Waals surface area contributed by atoms with E-state index in [0.717, 1.165) is 33.2 Å². The normalized spacial score (nSPS) is 11.1. The summed E-state index contributed by atoms with van der Waals surface area (Å²) < 4.78 is 6.28. The number of thiazole rings is 1. The largest absolute Gasteiger partial charge is 0.497 e. The number of para-hydroxylation sites is 1. The van der Waals surface area contributed by atoms with Gasteiger partial charge >= 0.3 is 0 Å². The molecule has 136 valence electrons. The molecule has 1 heterocycles. The second kappa shape index (κ2) is 7.85. The molecule has 3 rings (SSSR count). The Morgan fingerprint density at radius 1 is 1.12 bits per heavy atom. The number of aryl methyl sites for hydroxylation is 1. The number of hydrogen-bond acceptors (Lipinski definition) is 5. The molecule has 0 aliphatic rings. The summed E-state index contributed by atoms with van der Waals surface area (Å²) in [6.45, 7) is 3.38. The SMILES string of the molecule is COc1ccc(C(=O)N(CCN(C)C)c2nc3c(C)cccc3s2)cc1. The maximum absolute atomic E-state index is 13.2. The topological polar surface area (TPSA) is 45.7 Å². The molecule has 5 nitrogen and oxygen atoms in total. The number of ether oxygens (including phenoxy) is 1. The van der Waals surface area contributed by atoms with Gasteiger partial charge in [-0.05, 0) is 56.9 Å². The van der Waals surface area contributed by atoms with E-state index in [1.54, 1.807) is 47.6 Å². The summed E-state index contributed by atoms with van der Waals surface area (Å²) in [6, 6.07) is 13.3. The number of amides is 1. The van der Waals surface area contributed by atoms with Gasteiger partial charge in [-0.1, -0.05) is 23.5 Å². The van der Waals surface area contributed by atoms with Gasteiger partial charge in [-0.3, -0.25) is 9.69 Å². The van der Waals surface area contributed by atoms with Crippen molar-refractivity contribution in [3.63, 3.8) is 0 Å². The van der Waals surface area contributed by atoms with E-state index in [-0.39, 0.29) is 5.91 Å². The lowest BCUT2D eigenvalue weighted by molar-refractivity contribution is 0.0985. The minimum atomic E-state index is -0.0498. The summed E-state index contributed by atoms with van der Waals surface area (Å²) in [5.74, 6) is 0.684. The minimum Gasteiger partial charge on any atom is -0.497 e. The van der Waals surface area contributed by atoms with E-state index in [4.69, 9.17) is 9.72 Å². The lowest BCUT2D eigenvalue weighted by atomic mass is 10.2. The van der Waals surface area contributed by atoms with Crippen LogP contribution in [-0.4, -0.2) is 50.1 Å². The summed E-state index contributed by atoms with van der Waals surface area (Å²) in [4.78, 5) is 21.7. The molecular weight excluding hydrogens is 346 g/mol. The van der Waals surface area contributed by atoms with Gasteiger partial charge in [0.05, 0.1) is 17.3 Å². The van der Waals surface area contributed by atoms with Crippen LogP contribution in [0.2, 0.25) is 0 Å². The molecule has 3 aromatic rings. The van der Waals surface area contributed by atoms with Crippen LogP contribution in [0.1, 0.15) is 15.9 Å². The first-order valence-corrected chi connectivity index (χ1v) is 9.28. The zero-order chi connectivity index (χ0) is 18.7. The van der Waals surface area contributed by atoms with Gasteiger partial charge in [0.2, 0.25) is 0 Å². The van der Waals surface area contributed by atoms with Crippen LogP contribution < -0.4 is 9.64 Å². The first kappa shape index (κ1) is 18.4. The maximum Gasteiger partial charge on any atom is 0.260 e. The fourth-order valence-corrected chi connectivity index (χ4v) is 3.73. The number of benzene rings is 2. The van der Waals surface area contributed by atoms with Crippen molar-refractivity contribution < 1.29 is 9.53 Å². The van der Waals surface area contributed by atoms with Crippen molar-refractivity contribution in [2.24, 2.45) is 0 Å². The molecule has 0 fully saturated rings. The third-order valence-corrected chi connectivity index (χ3v) is 5.24. The van der Waals surface area contributed by atoms with Gasteiger partial charge in [0.15, 0.2) is 5.13 Å². The van der Waals surface area contributed by atoms with Gasteiger partial charge in [0.1, 0.15) is 5.75 Å². The molecule has 1 aromatic heterocycles. The molecule has 0 spiro atoms. The van der Waals surface area contributed by atoms with Gasteiger partial charge < -0.3 is 9.64 Å².